The number of ketones is 1. The highest BCUT2D eigenvalue weighted by Gasteiger charge is 2.16. The summed E-state index contributed by atoms with van der Waals surface area (Å²) >= 11 is 1.44. The molecule has 1 aromatic carbocycles. The van der Waals surface area contributed by atoms with Crippen LogP contribution < -0.4 is 0 Å². The van der Waals surface area contributed by atoms with Crippen LogP contribution in [0.3, 0.4) is 0 Å². The van der Waals surface area contributed by atoms with Gasteiger partial charge < -0.3 is 0 Å². The zero-order valence-electron chi connectivity index (χ0n) is 12.1. The van der Waals surface area contributed by atoms with E-state index in [1.165, 1.54) is 35.9 Å². The molecule has 0 spiro atoms. The third-order valence-electron chi connectivity index (χ3n) is 3.80. The summed E-state index contributed by atoms with van der Waals surface area (Å²) in [6, 6.07) is 9.39. The van der Waals surface area contributed by atoms with Gasteiger partial charge in [-0.2, -0.15) is 0 Å². The minimum absolute atomic E-state index is 0.125. The Hall–Kier alpha value is -1.68. The molecule has 0 atom stereocenters. The van der Waals surface area contributed by atoms with E-state index in [-0.39, 0.29) is 5.78 Å². The Kier molecular flexibility index (Phi) is 4.34. The summed E-state index contributed by atoms with van der Waals surface area (Å²) in [6.07, 6.45) is 4.57. The van der Waals surface area contributed by atoms with Crippen molar-refractivity contribution in [2.24, 2.45) is 0 Å². The van der Waals surface area contributed by atoms with Crippen LogP contribution in [-0.2, 0) is 12.8 Å². The molecule has 0 bridgehead atoms. The van der Waals surface area contributed by atoms with Crippen LogP contribution in [0.2, 0.25) is 0 Å². The van der Waals surface area contributed by atoms with Gasteiger partial charge in [0, 0.05) is 17.0 Å². The van der Waals surface area contributed by atoms with Crippen molar-refractivity contribution in [3.63, 3.8) is 0 Å². The summed E-state index contributed by atoms with van der Waals surface area (Å²) in [5, 5.41) is 0.734. The van der Waals surface area contributed by atoms with Gasteiger partial charge in [0.15, 0.2) is 10.9 Å². The van der Waals surface area contributed by atoms with Gasteiger partial charge in [-0.05, 0) is 38.2 Å². The lowest BCUT2D eigenvalue weighted by Crippen LogP contribution is -2.11. The standard InChI is InChI=1S/C17H18N2OS/c1-12-14-9-5-6-10-15(14)19-17(18-12)21-11-16(20)13-7-3-2-4-8-13/h2-4,7-8H,5-6,9-11H2,1H3. The number of Topliss-reactive ketones (excluding diaryl/α,β-unsaturated/α-hetero) is 1. The molecule has 4 heteroatoms. The molecule has 1 aliphatic carbocycles. The van der Waals surface area contributed by atoms with Crippen LogP contribution in [0.1, 0.15) is 40.2 Å². The fourth-order valence-electron chi connectivity index (χ4n) is 2.66. The number of nitrogens with zero attached hydrogens (tertiary/aromatic N) is 2. The molecule has 0 N–H and O–H groups in total. The van der Waals surface area contributed by atoms with E-state index in [1.54, 1.807) is 0 Å². The lowest BCUT2D eigenvalue weighted by molar-refractivity contribution is 0.102. The monoisotopic (exact) mass is 298 g/mol. The third kappa shape index (κ3) is 3.32. The molecule has 1 aliphatic rings. The predicted octanol–water partition coefficient (Wildman–Crippen LogP) is 3.64. The molecule has 0 amide bonds. The summed E-state index contributed by atoms with van der Waals surface area (Å²) in [5.74, 6) is 0.516. The highest BCUT2D eigenvalue weighted by molar-refractivity contribution is 7.99. The predicted molar refractivity (Wildman–Crippen MR) is 84.9 cm³/mol. The van der Waals surface area contributed by atoms with E-state index in [0.29, 0.717) is 5.75 Å². The Morgan fingerprint density at radius 1 is 1.14 bits per heavy atom. The van der Waals surface area contributed by atoms with Crippen LogP contribution in [-0.4, -0.2) is 21.5 Å². The Balaban J connectivity index is 1.71. The molecule has 0 unspecified atom stereocenters. The first-order chi connectivity index (χ1) is 10.2. The number of hydrogen-bond donors (Lipinski definition) is 0. The molecule has 108 valence electrons. The SMILES string of the molecule is Cc1nc(SCC(=O)c2ccccc2)nc2c1CCCC2. The van der Waals surface area contributed by atoms with Crippen LogP contribution in [0, 0.1) is 6.92 Å². The van der Waals surface area contributed by atoms with Crippen LogP contribution in [0.15, 0.2) is 35.5 Å². The maximum absolute atomic E-state index is 12.1. The lowest BCUT2D eigenvalue weighted by Gasteiger charge is -2.17. The molecule has 0 saturated carbocycles. The van der Waals surface area contributed by atoms with E-state index in [9.17, 15) is 4.79 Å². The van der Waals surface area contributed by atoms with E-state index in [1.807, 2.05) is 30.3 Å². The molecular weight excluding hydrogens is 280 g/mol. The van der Waals surface area contributed by atoms with Gasteiger partial charge in [-0.25, -0.2) is 9.97 Å². The summed E-state index contributed by atoms with van der Waals surface area (Å²) in [6.45, 7) is 2.05. The number of rotatable bonds is 4. The summed E-state index contributed by atoms with van der Waals surface area (Å²) in [4.78, 5) is 21.3. The number of benzene rings is 1. The Morgan fingerprint density at radius 3 is 2.71 bits per heavy atom. The number of aryl methyl sites for hydroxylation is 2. The fourth-order valence-corrected chi connectivity index (χ4v) is 3.46. The molecule has 21 heavy (non-hydrogen) atoms. The first-order valence-electron chi connectivity index (χ1n) is 7.31. The quantitative estimate of drug-likeness (QED) is 0.491. The molecule has 1 heterocycles. The van der Waals surface area contributed by atoms with Crippen LogP contribution in [0.25, 0.3) is 0 Å². The van der Waals surface area contributed by atoms with Gasteiger partial charge in [0.1, 0.15) is 0 Å². The number of carbonyl (C=O) groups excluding carboxylic acids is 1. The number of thioether (sulfide) groups is 1. The highest BCUT2D eigenvalue weighted by atomic mass is 32.2. The average Bonchev–Trinajstić information content (AvgIpc) is 2.53. The number of hydrogen-bond acceptors (Lipinski definition) is 4. The second-order valence-electron chi connectivity index (χ2n) is 5.30. The zero-order chi connectivity index (χ0) is 14.7. The minimum atomic E-state index is 0.125. The van der Waals surface area contributed by atoms with Gasteiger partial charge in [0.05, 0.1) is 5.75 Å². The number of aromatic nitrogens is 2. The molecule has 1 aromatic heterocycles. The van der Waals surface area contributed by atoms with E-state index in [2.05, 4.69) is 16.9 Å². The molecule has 0 aliphatic heterocycles. The van der Waals surface area contributed by atoms with Gasteiger partial charge in [-0.1, -0.05) is 42.1 Å². The van der Waals surface area contributed by atoms with Crippen molar-refractivity contribution in [2.75, 3.05) is 5.75 Å². The first-order valence-corrected chi connectivity index (χ1v) is 8.30. The van der Waals surface area contributed by atoms with Crippen LogP contribution >= 0.6 is 11.8 Å². The maximum Gasteiger partial charge on any atom is 0.188 e. The topological polar surface area (TPSA) is 42.9 Å². The van der Waals surface area contributed by atoms with Crippen molar-refractivity contribution in [2.45, 2.75) is 37.8 Å². The molecular formula is C17H18N2OS. The van der Waals surface area contributed by atoms with Crippen molar-refractivity contribution < 1.29 is 4.79 Å². The number of carbonyl (C=O) groups is 1. The largest absolute Gasteiger partial charge is 0.293 e. The van der Waals surface area contributed by atoms with Crippen molar-refractivity contribution in [3.8, 4) is 0 Å². The van der Waals surface area contributed by atoms with Gasteiger partial charge in [-0.15, -0.1) is 0 Å². The van der Waals surface area contributed by atoms with Gasteiger partial charge in [-0.3, -0.25) is 4.79 Å². The second kappa shape index (κ2) is 6.39. The van der Waals surface area contributed by atoms with Crippen LogP contribution in [0.4, 0.5) is 0 Å². The fraction of sp³-hybridized carbons (Fsp3) is 0.353. The molecule has 0 radical (unpaired) electrons. The van der Waals surface area contributed by atoms with Gasteiger partial charge >= 0.3 is 0 Å². The van der Waals surface area contributed by atoms with Crippen molar-refractivity contribution in [1.82, 2.24) is 9.97 Å². The number of fused-ring (bicyclic) bond motifs is 1. The second-order valence-corrected chi connectivity index (χ2v) is 6.24. The minimum Gasteiger partial charge on any atom is -0.293 e. The van der Waals surface area contributed by atoms with E-state index in [0.717, 1.165) is 29.3 Å². The highest BCUT2D eigenvalue weighted by Crippen LogP contribution is 2.25. The molecule has 3 nitrogen and oxygen atoms in total. The Labute approximate surface area is 129 Å². The first kappa shape index (κ1) is 14.3. The lowest BCUT2D eigenvalue weighted by atomic mass is 9.95. The van der Waals surface area contributed by atoms with E-state index < -0.39 is 0 Å². The summed E-state index contributed by atoms with van der Waals surface area (Å²) in [5.41, 5.74) is 4.33. The van der Waals surface area contributed by atoms with Crippen molar-refractivity contribution in [1.29, 1.82) is 0 Å². The van der Waals surface area contributed by atoms with E-state index in [4.69, 9.17) is 0 Å². The molecule has 0 saturated heterocycles. The van der Waals surface area contributed by atoms with Crippen molar-refractivity contribution >= 4 is 17.5 Å². The van der Waals surface area contributed by atoms with Crippen molar-refractivity contribution in [3.05, 3.63) is 52.8 Å². The normalized spacial score (nSPS) is 13.8. The van der Waals surface area contributed by atoms with E-state index >= 15 is 0 Å². The summed E-state index contributed by atoms with van der Waals surface area (Å²) < 4.78 is 0. The van der Waals surface area contributed by atoms with Gasteiger partial charge in [0.2, 0.25) is 0 Å². The Morgan fingerprint density at radius 2 is 1.90 bits per heavy atom. The summed E-state index contributed by atoms with van der Waals surface area (Å²) in [7, 11) is 0. The molecule has 2 aromatic rings. The third-order valence-corrected chi connectivity index (χ3v) is 4.64. The average molecular weight is 298 g/mol. The maximum atomic E-state index is 12.1. The zero-order valence-corrected chi connectivity index (χ0v) is 12.9. The van der Waals surface area contributed by atoms with Gasteiger partial charge in [0.25, 0.3) is 0 Å². The molecule has 3 rings (SSSR count). The molecule has 0 fully saturated rings. The van der Waals surface area contributed by atoms with Crippen LogP contribution in [0.5, 0.6) is 0 Å². The Bertz CT molecular complexity index is 655. The smallest absolute Gasteiger partial charge is 0.188 e.